The Balaban J connectivity index is 1.98. The predicted molar refractivity (Wildman–Crippen MR) is 71.3 cm³/mol. The highest BCUT2D eigenvalue weighted by Gasteiger charge is 2.23. The highest BCUT2D eigenvalue weighted by Crippen LogP contribution is 2.19. The second-order valence-electron chi connectivity index (χ2n) is 5.30. The molecule has 102 valence electrons. The number of rotatable bonds is 11. The molecule has 1 N–H and O–H groups in total. The van der Waals surface area contributed by atoms with Gasteiger partial charge in [-0.2, -0.15) is 0 Å². The van der Waals surface area contributed by atoms with Crippen LogP contribution in [0.4, 0.5) is 0 Å². The summed E-state index contributed by atoms with van der Waals surface area (Å²) in [6, 6.07) is 0.764. The van der Waals surface area contributed by atoms with E-state index in [4.69, 9.17) is 9.47 Å². The lowest BCUT2D eigenvalue weighted by Crippen LogP contribution is -2.35. The molecule has 1 fully saturated rings. The molecule has 0 aliphatic heterocycles. The molecule has 0 amide bonds. The fraction of sp³-hybridized carbons (Fsp3) is 1.00. The van der Waals surface area contributed by atoms with Crippen LogP contribution in [-0.2, 0) is 9.47 Å². The van der Waals surface area contributed by atoms with Crippen LogP contribution in [0.2, 0.25) is 0 Å². The van der Waals surface area contributed by atoms with Gasteiger partial charge < -0.3 is 14.8 Å². The van der Waals surface area contributed by atoms with Crippen LogP contribution < -0.4 is 5.32 Å². The van der Waals surface area contributed by atoms with Crippen LogP contribution in [0.1, 0.15) is 46.5 Å². The lowest BCUT2D eigenvalue weighted by atomic mass is 10.1. The Kier molecular flexibility index (Phi) is 7.82. The van der Waals surface area contributed by atoms with E-state index in [2.05, 4.69) is 26.1 Å². The van der Waals surface area contributed by atoms with Crippen molar-refractivity contribution in [2.24, 2.45) is 5.92 Å². The van der Waals surface area contributed by atoms with E-state index in [1.54, 1.807) is 0 Å². The molecule has 1 aliphatic carbocycles. The maximum absolute atomic E-state index is 5.87. The monoisotopic (exact) mass is 243 g/mol. The van der Waals surface area contributed by atoms with E-state index in [0.29, 0.717) is 12.0 Å². The van der Waals surface area contributed by atoms with Crippen molar-refractivity contribution in [3.63, 3.8) is 0 Å². The number of unbranched alkanes of at least 4 members (excludes halogenated alkanes) is 1. The van der Waals surface area contributed by atoms with Gasteiger partial charge in [0.15, 0.2) is 0 Å². The summed E-state index contributed by atoms with van der Waals surface area (Å²) in [5.74, 6) is 0.567. The van der Waals surface area contributed by atoms with Crippen molar-refractivity contribution in [1.29, 1.82) is 0 Å². The lowest BCUT2D eigenvalue weighted by molar-refractivity contribution is -0.0145. The van der Waals surface area contributed by atoms with Crippen LogP contribution in [0.3, 0.4) is 0 Å². The van der Waals surface area contributed by atoms with Crippen molar-refractivity contribution in [3.8, 4) is 0 Å². The van der Waals surface area contributed by atoms with Crippen LogP contribution >= 0.6 is 0 Å². The molecular formula is C14H29NO2. The minimum atomic E-state index is 0.324. The second-order valence-corrected chi connectivity index (χ2v) is 5.30. The van der Waals surface area contributed by atoms with E-state index < -0.39 is 0 Å². The summed E-state index contributed by atoms with van der Waals surface area (Å²) < 4.78 is 11.4. The van der Waals surface area contributed by atoms with Crippen molar-refractivity contribution in [2.45, 2.75) is 58.6 Å². The Bertz CT molecular complexity index is 181. The topological polar surface area (TPSA) is 30.5 Å². The molecule has 0 radical (unpaired) electrons. The molecule has 0 spiro atoms. The smallest absolute Gasteiger partial charge is 0.0723 e. The third-order valence-corrected chi connectivity index (χ3v) is 3.13. The Morgan fingerprint density at radius 1 is 1.18 bits per heavy atom. The lowest BCUT2D eigenvalue weighted by Gasteiger charge is -2.22. The molecular weight excluding hydrogens is 214 g/mol. The maximum atomic E-state index is 5.87. The quantitative estimate of drug-likeness (QED) is 0.566. The molecule has 1 unspecified atom stereocenters. The van der Waals surface area contributed by atoms with Gasteiger partial charge in [0.1, 0.15) is 0 Å². The highest BCUT2D eigenvalue weighted by molar-refractivity contribution is 4.82. The Labute approximate surface area is 106 Å². The molecule has 1 saturated carbocycles. The van der Waals surface area contributed by atoms with Crippen molar-refractivity contribution in [3.05, 3.63) is 0 Å². The minimum absolute atomic E-state index is 0.324. The molecule has 1 aliphatic rings. The summed E-state index contributed by atoms with van der Waals surface area (Å²) in [7, 11) is 0. The van der Waals surface area contributed by atoms with Crippen molar-refractivity contribution < 1.29 is 9.47 Å². The van der Waals surface area contributed by atoms with E-state index in [9.17, 15) is 0 Å². The summed E-state index contributed by atoms with van der Waals surface area (Å²) >= 11 is 0. The molecule has 0 aromatic carbocycles. The highest BCUT2D eigenvalue weighted by atomic mass is 16.5. The van der Waals surface area contributed by atoms with Gasteiger partial charge in [0.05, 0.1) is 19.3 Å². The second kappa shape index (κ2) is 8.90. The summed E-state index contributed by atoms with van der Waals surface area (Å²) in [4.78, 5) is 0. The van der Waals surface area contributed by atoms with Crippen LogP contribution in [0.5, 0.6) is 0 Å². The van der Waals surface area contributed by atoms with E-state index in [-0.39, 0.29) is 0 Å². The van der Waals surface area contributed by atoms with Gasteiger partial charge in [-0.1, -0.05) is 27.2 Å². The molecule has 3 nitrogen and oxygen atoms in total. The summed E-state index contributed by atoms with van der Waals surface area (Å²) in [5.41, 5.74) is 0. The normalized spacial score (nSPS) is 17.6. The van der Waals surface area contributed by atoms with E-state index in [0.717, 1.165) is 38.8 Å². The zero-order valence-corrected chi connectivity index (χ0v) is 11.7. The standard InChI is InChI=1S/C14H29NO2/c1-4-5-8-16-9-10-17-14(12(2)3)11-15-13-6-7-13/h12-15H,4-11H2,1-3H3. The predicted octanol–water partition coefficient (Wildman–Crippen LogP) is 2.60. The van der Waals surface area contributed by atoms with Crippen LogP contribution in [0.15, 0.2) is 0 Å². The first kappa shape index (κ1) is 14.9. The third-order valence-electron chi connectivity index (χ3n) is 3.13. The van der Waals surface area contributed by atoms with Crippen LogP contribution in [0.25, 0.3) is 0 Å². The van der Waals surface area contributed by atoms with E-state index in [1.165, 1.54) is 19.3 Å². The summed E-state index contributed by atoms with van der Waals surface area (Å²) in [6.07, 6.45) is 5.35. The average molecular weight is 243 g/mol. The Morgan fingerprint density at radius 3 is 2.53 bits per heavy atom. The first-order valence-corrected chi connectivity index (χ1v) is 7.16. The molecule has 1 rings (SSSR count). The largest absolute Gasteiger partial charge is 0.379 e. The van der Waals surface area contributed by atoms with Gasteiger partial charge in [-0.15, -0.1) is 0 Å². The molecule has 1 atom stereocenters. The first-order valence-electron chi connectivity index (χ1n) is 7.16. The molecule has 0 aromatic heterocycles. The number of hydrogen-bond donors (Lipinski definition) is 1. The summed E-state index contributed by atoms with van der Waals surface area (Å²) in [6.45, 7) is 9.92. The SMILES string of the molecule is CCCCOCCOC(CNC1CC1)C(C)C. The summed E-state index contributed by atoms with van der Waals surface area (Å²) in [5, 5.41) is 3.53. The minimum Gasteiger partial charge on any atom is -0.379 e. The average Bonchev–Trinajstić information content (AvgIpc) is 3.10. The third kappa shape index (κ3) is 7.74. The van der Waals surface area contributed by atoms with E-state index in [1.807, 2.05) is 0 Å². The van der Waals surface area contributed by atoms with E-state index >= 15 is 0 Å². The molecule has 0 bridgehead atoms. The maximum Gasteiger partial charge on any atom is 0.0723 e. The molecule has 0 saturated heterocycles. The number of nitrogens with one attached hydrogen (secondary N) is 1. The van der Waals surface area contributed by atoms with Gasteiger partial charge in [-0.25, -0.2) is 0 Å². The zero-order chi connectivity index (χ0) is 12.5. The molecule has 17 heavy (non-hydrogen) atoms. The number of ether oxygens (including phenoxy) is 2. The van der Waals surface area contributed by atoms with Crippen molar-refractivity contribution in [1.82, 2.24) is 5.32 Å². The van der Waals surface area contributed by atoms with Gasteiger partial charge in [-0.3, -0.25) is 0 Å². The van der Waals surface area contributed by atoms with Gasteiger partial charge in [0.2, 0.25) is 0 Å². The van der Waals surface area contributed by atoms with Gasteiger partial charge in [0.25, 0.3) is 0 Å². The first-order chi connectivity index (χ1) is 8.24. The fourth-order valence-corrected chi connectivity index (χ4v) is 1.66. The Hall–Kier alpha value is -0.120. The molecule has 0 heterocycles. The van der Waals surface area contributed by atoms with Crippen molar-refractivity contribution >= 4 is 0 Å². The van der Waals surface area contributed by atoms with Crippen molar-refractivity contribution in [2.75, 3.05) is 26.4 Å². The number of hydrogen-bond acceptors (Lipinski definition) is 3. The molecule has 3 heteroatoms. The van der Waals surface area contributed by atoms with Crippen LogP contribution in [0, 0.1) is 5.92 Å². The Morgan fingerprint density at radius 2 is 1.94 bits per heavy atom. The van der Waals surface area contributed by atoms with Gasteiger partial charge in [-0.05, 0) is 25.2 Å². The van der Waals surface area contributed by atoms with Gasteiger partial charge >= 0.3 is 0 Å². The van der Waals surface area contributed by atoms with Crippen LogP contribution in [-0.4, -0.2) is 38.5 Å². The fourth-order valence-electron chi connectivity index (χ4n) is 1.66. The zero-order valence-electron chi connectivity index (χ0n) is 11.7. The molecule has 0 aromatic rings. The van der Waals surface area contributed by atoms with Gasteiger partial charge in [0, 0.05) is 19.2 Å².